The van der Waals surface area contributed by atoms with Gasteiger partial charge in [0.1, 0.15) is 0 Å². The van der Waals surface area contributed by atoms with Crippen molar-refractivity contribution in [2.45, 2.75) is 119 Å². The van der Waals surface area contributed by atoms with E-state index in [1.165, 1.54) is 69.8 Å². The van der Waals surface area contributed by atoms with Crippen molar-refractivity contribution >= 4 is 0 Å². The minimum atomic E-state index is 0.467. The molecule has 1 nitrogen and oxygen atoms in total. The van der Waals surface area contributed by atoms with Crippen molar-refractivity contribution in [2.75, 3.05) is 6.61 Å². The number of hydrogen-bond donors (Lipinski definition) is 0. The molecule has 5 fully saturated rings. The van der Waals surface area contributed by atoms with Crippen molar-refractivity contribution in [2.24, 2.45) is 39.4 Å². The Bertz CT molecular complexity index is 801. The van der Waals surface area contributed by atoms with E-state index >= 15 is 0 Å². The summed E-state index contributed by atoms with van der Waals surface area (Å²) >= 11 is 0. The number of fused-ring (bicyclic) bond motifs is 7. The van der Waals surface area contributed by atoms with Gasteiger partial charge >= 0.3 is 0 Å². The molecule has 0 radical (unpaired) electrons. The quantitative estimate of drug-likeness (QED) is 0.413. The second-order valence-corrected chi connectivity index (χ2v) is 13.6. The Balaban J connectivity index is 1.44. The molecule has 1 aliphatic heterocycles. The van der Waals surface area contributed by atoms with Crippen molar-refractivity contribution in [1.82, 2.24) is 0 Å². The van der Waals surface area contributed by atoms with Crippen LogP contribution in [0.25, 0.3) is 0 Å². The Labute approximate surface area is 192 Å². The van der Waals surface area contributed by atoms with E-state index in [-0.39, 0.29) is 0 Å². The Kier molecular flexibility index (Phi) is 5.18. The van der Waals surface area contributed by atoms with Crippen LogP contribution in [-0.2, 0) is 4.74 Å². The molecule has 8 atom stereocenters. The third kappa shape index (κ3) is 2.90. The summed E-state index contributed by atoms with van der Waals surface area (Å²) in [7, 11) is 0. The predicted molar refractivity (Wildman–Crippen MR) is 131 cm³/mol. The number of hydrogen-bond acceptors (Lipinski definition) is 1. The lowest BCUT2D eigenvalue weighted by atomic mass is 9.35. The van der Waals surface area contributed by atoms with Gasteiger partial charge in [0.2, 0.25) is 0 Å². The van der Waals surface area contributed by atoms with Crippen molar-refractivity contribution in [3.63, 3.8) is 0 Å². The molecule has 4 saturated carbocycles. The molecule has 0 N–H and O–H groups in total. The summed E-state index contributed by atoms with van der Waals surface area (Å²) in [5.74, 6) is 2.64. The molecular formula is C30H48O. The SMILES string of the molecule is CC(C)=CCCC(C)=C1CC[C@@]2(C)[C@H]1CC[C@H]1[C@@]3(C)CC[C@@H]4OC[C@]4(C)[C@@H]3CC[C@@]12C. The fraction of sp³-hybridized carbons (Fsp3) is 0.867. The number of allylic oxidation sites excluding steroid dienone is 4. The van der Waals surface area contributed by atoms with Crippen molar-refractivity contribution in [3.8, 4) is 0 Å². The van der Waals surface area contributed by atoms with Crippen molar-refractivity contribution in [1.29, 1.82) is 0 Å². The smallest absolute Gasteiger partial charge is 0.0654 e. The first kappa shape index (κ1) is 22.2. The zero-order valence-corrected chi connectivity index (χ0v) is 21.6. The first-order valence-electron chi connectivity index (χ1n) is 13.5. The van der Waals surface area contributed by atoms with E-state index in [1.807, 2.05) is 5.57 Å². The van der Waals surface area contributed by atoms with Crippen molar-refractivity contribution < 1.29 is 4.74 Å². The number of ether oxygens (including phenoxy) is 1. The molecule has 0 bridgehead atoms. The normalized spacial score (nSPS) is 52.2. The summed E-state index contributed by atoms with van der Waals surface area (Å²) in [6, 6.07) is 0. The molecule has 4 aliphatic carbocycles. The number of rotatable bonds is 3. The van der Waals surface area contributed by atoms with E-state index < -0.39 is 0 Å². The Hall–Kier alpha value is -0.560. The zero-order chi connectivity index (χ0) is 22.2. The van der Waals surface area contributed by atoms with E-state index in [2.05, 4.69) is 54.5 Å². The third-order valence-corrected chi connectivity index (χ3v) is 12.2. The molecule has 0 aromatic heterocycles. The van der Waals surface area contributed by atoms with Gasteiger partial charge in [0, 0.05) is 5.41 Å². The lowest BCUT2D eigenvalue weighted by Gasteiger charge is -2.72. The van der Waals surface area contributed by atoms with E-state index in [0.29, 0.717) is 27.8 Å². The molecule has 1 saturated heterocycles. The minimum absolute atomic E-state index is 0.467. The summed E-state index contributed by atoms with van der Waals surface area (Å²) in [6.45, 7) is 18.7. The first-order valence-corrected chi connectivity index (χ1v) is 13.5. The lowest BCUT2D eigenvalue weighted by molar-refractivity contribution is -0.292. The minimum Gasteiger partial charge on any atom is -0.377 e. The van der Waals surface area contributed by atoms with Crippen LogP contribution in [0.3, 0.4) is 0 Å². The van der Waals surface area contributed by atoms with Gasteiger partial charge in [0.25, 0.3) is 0 Å². The van der Waals surface area contributed by atoms with Crippen LogP contribution in [0.1, 0.15) is 113 Å². The summed E-state index contributed by atoms with van der Waals surface area (Å²) < 4.78 is 6.06. The molecular weight excluding hydrogens is 376 g/mol. The van der Waals surface area contributed by atoms with Gasteiger partial charge in [-0.3, -0.25) is 0 Å². The van der Waals surface area contributed by atoms with Gasteiger partial charge in [0.15, 0.2) is 0 Å². The van der Waals surface area contributed by atoms with Crippen LogP contribution in [0.5, 0.6) is 0 Å². The Morgan fingerprint density at radius 2 is 1.65 bits per heavy atom. The highest BCUT2D eigenvalue weighted by Gasteiger charge is 2.70. The predicted octanol–water partition coefficient (Wildman–Crippen LogP) is 8.50. The van der Waals surface area contributed by atoms with Gasteiger partial charge in [-0.1, -0.05) is 50.5 Å². The monoisotopic (exact) mass is 424 g/mol. The van der Waals surface area contributed by atoms with E-state index in [4.69, 9.17) is 4.74 Å². The Morgan fingerprint density at radius 1 is 0.871 bits per heavy atom. The second-order valence-electron chi connectivity index (χ2n) is 13.6. The summed E-state index contributed by atoms with van der Waals surface area (Å²) in [4.78, 5) is 0. The molecule has 174 valence electrons. The van der Waals surface area contributed by atoms with Gasteiger partial charge in [0.05, 0.1) is 12.7 Å². The van der Waals surface area contributed by atoms with E-state index in [1.54, 1.807) is 5.57 Å². The molecule has 1 heteroatoms. The standard InChI is InChI=1S/C30H48O/c1-20(2)9-8-10-21(3)22-13-17-29(6)23(22)11-12-25-27(4)16-15-26-28(5,19-31-26)24(27)14-18-30(25,29)7/h9,23-26H,8,10-19H2,1-7H3/t23-,24+,25-,26-,27-,28+,29-,30-/m0/s1. The maximum atomic E-state index is 6.06. The molecule has 5 rings (SSSR count). The average Bonchev–Trinajstić information content (AvgIpc) is 3.04. The highest BCUT2D eigenvalue weighted by atomic mass is 16.5. The van der Waals surface area contributed by atoms with Gasteiger partial charge < -0.3 is 4.74 Å². The Morgan fingerprint density at radius 3 is 2.32 bits per heavy atom. The van der Waals surface area contributed by atoms with Crippen LogP contribution in [0.15, 0.2) is 22.8 Å². The second kappa shape index (κ2) is 7.22. The maximum absolute atomic E-state index is 6.06. The average molecular weight is 425 g/mol. The molecule has 0 aromatic rings. The van der Waals surface area contributed by atoms with Gasteiger partial charge in [-0.15, -0.1) is 0 Å². The molecule has 5 aliphatic rings. The highest BCUT2D eigenvalue weighted by molar-refractivity contribution is 5.29. The van der Waals surface area contributed by atoms with Crippen LogP contribution in [0.4, 0.5) is 0 Å². The van der Waals surface area contributed by atoms with Crippen LogP contribution in [0.2, 0.25) is 0 Å². The molecule has 0 amide bonds. The van der Waals surface area contributed by atoms with Gasteiger partial charge in [-0.2, -0.15) is 0 Å². The van der Waals surface area contributed by atoms with Crippen LogP contribution in [0, 0.1) is 39.4 Å². The zero-order valence-electron chi connectivity index (χ0n) is 21.6. The highest BCUT2D eigenvalue weighted by Crippen LogP contribution is 2.76. The van der Waals surface area contributed by atoms with Crippen molar-refractivity contribution in [3.05, 3.63) is 22.8 Å². The molecule has 0 unspecified atom stereocenters. The lowest BCUT2D eigenvalue weighted by Crippen LogP contribution is -2.68. The topological polar surface area (TPSA) is 9.23 Å². The van der Waals surface area contributed by atoms with Gasteiger partial charge in [-0.05, 0) is 119 Å². The van der Waals surface area contributed by atoms with Crippen LogP contribution >= 0.6 is 0 Å². The van der Waals surface area contributed by atoms with Gasteiger partial charge in [-0.25, -0.2) is 0 Å². The third-order valence-electron chi connectivity index (χ3n) is 12.2. The molecule has 31 heavy (non-hydrogen) atoms. The van der Waals surface area contributed by atoms with Crippen LogP contribution < -0.4 is 0 Å². The molecule has 1 heterocycles. The van der Waals surface area contributed by atoms with E-state index in [9.17, 15) is 0 Å². The summed E-state index contributed by atoms with van der Waals surface area (Å²) in [6.07, 6.45) is 16.8. The fourth-order valence-electron chi connectivity index (χ4n) is 10.2. The molecule has 0 aromatic carbocycles. The largest absolute Gasteiger partial charge is 0.377 e. The maximum Gasteiger partial charge on any atom is 0.0654 e. The summed E-state index contributed by atoms with van der Waals surface area (Å²) in [5, 5.41) is 0. The fourth-order valence-corrected chi connectivity index (χ4v) is 10.2. The van der Waals surface area contributed by atoms with Crippen LogP contribution in [-0.4, -0.2) is 12.7 Å². The van der Waals surface area contributed by atoms with E-state index in [0.717, 1.165) is 24.4 Å². The summed E-state index contributed by atoms with van der Waals surface area (Å²) in [5.41, 5.74) is 7.08. The first-order chi connectivity index (χ1) is 14.6. The molecule has 0 spiro atoms.